The number of hydrogen-bond donors (Lipinski definition) is 0. The molecule has 0 fully saturated rings. The standard InChI is InChI=1S/C21H21ClFN4.ClH/c1-27(2,3)13-15-12-26-19-9-8-14(22)10-17(19)21(24-11-20(26)25-15)16-6-4-5-7-18(16)23;/h4-10,12H,11,13H2,1-3H3;1H/q+1;/p-1. The molecule has 0 atom stereocenters. The zero-order valence-electron chi connectivity index (χ0n) is 16.0. The number of rotatable bonds is 3. The summed E-state index contributed by atoms with van der Waals surface area (Å²) in [6.45, 7) is 1.19. The number of aromatic nitrogens is 2. The number of hydrogen-bond acceptors (Lipinski definition) is 2. The first-order valence-electron chi connectivity index (χ1n) is 8.79. The molecule has 0 aliphatic carbocycles. The Hall–Kier alpha value is -2.21. The van der Waals surface area contributed by atoms with Crippen molar-refractivity contribution in [1.82, 2.24) is 9.55 Å². The molecule has 1 aliphatic heterocycles. The first-order chi connectivity index (χ1) is 12.8. The summed E-state index contributed by atoms with van der Waals surface area (Å²) in [6.07, 6.45) is 2.05. The van der Waals surface area contributed by atoms with Gasteiger partial charge in [0.15, 0.2) is 0 Å². The average molecular weight is 419 g/mol. The molecule has 0 N–H and O–H groups in total. The Morgan fingerprint density at radius 1 is 1.11 bits per heavy atom. The fraction of sp³-hybridized carbons (Fsp3) is 0.238. The van der Waals surface area contributed by atoms with Crippen LogP contribution >= 0.6 is 11.6 Å². The Balaban J connectivity index is 0.00000225. The predicted molar refractivity (Wildman–Crippen MR) is 106 cm³/mol. The molecule has 0 unspecified atom stereocenters. The maximum Gasteiger partial charge on any atom is 0.135 e. The topological polar surface area (TPSA) is 30.2 Å². The second-order valence-corrected chi connectivity index (χ2v) is 8.21. The summed E-state index contributed by atoms with van der Waals surface area (Å²) in [5.41, 5.74) is 3.79. The molecule has 0 saturated carbocycles. The van der Waals surface area contributed by atoms with Crippen molar-refractivity contribution in [2.45, 2.75) is 13.1 Å². The van der Waals surface area contributed by atoms with Crippen molar-refractivity contribution in [2.24, 2.45) is 4.99 Å². The van der Waals surface area contributed by atoms with Gasteiger partial charge in [0, 0.05) is 22.3 Å². The van der Waals surface area contributed by atoms with E-state index in [4.69, 9.17) is 21.6 Å². The molecule has 7 heteroatoms. The lowest BCUT2D eigenvalue weighted by Gasteiger charge is -2.22. The maximum atomic E-state index is 14.5. The van der Waals surface area contributed by atoms with Crippen molar-refractivity contribution >= 4 is 17.3 Å². The van der Waals surface area contributed by atoms with Crippen molar-refractivity contribution < 1.29 is 21.3 Å². The van der Waals surface area contributed by atoms with E-state index >= 15 is 0 Å². The highest BCUT2D eigenvalue weighted by molar-refractivity contribution is 6.31. The molecule has 1 aromatic heterocycles. The van der Waals surface area contributed by atoms with Crippen LogP contribution in [-0.2, 0) is 13.1 Å². The quantitative estimate of drug-likeness (QED) is 0.588. The monoisotopic (exact) mass is 418 g/mol. The third-order valence-electron chi connectivity index (χ3n) is 4.45. The number of aliphatic imine (C=N–C) groups is 1. The Morgan fingerprint density at radius 3 is 2.57 bits per heavy atom. The summed E-state index contributed by atoms with van der Waals surface area (Å²) in [6, 6.07) is 12.3. The number of fused-ring (bicyclic) bond motifs is 3. The Morgan fingerprint density at radius 2 is 1.86 bits per heavy atom. The molecule has 3 aromatic rings. The minimum absolute atomic E-state index is 0. The smallest absolute Gasteiger partial charge is 0.135 e. The molecule has 2 heterocycles. The second kappa shape index (κ2) is 7.66. The third-order valence-corrected chi connectivity index (χ3v) is 4.68. The Labute approximate surface area is 175 Å². The van der Waals surface area contributed by atoms with Crippen LogP contribution in [0.25, 0.3) is 5.69 Å². The van der Waals surface area contributed by atoms with Crippen LogP contribution in [0.1, 0.15) is 22.6 Å². The van der Waals surface area contributed by atoms with Gasteiger partial charge in [0.1, 0.15) is 23.9 Å². The molecule has 0 spiro atoms. The van der Waals surface area contributed by atoms with Crippen LogP contribution in [0, 0.1) is 5.82 Å². The highest BCUT2D eigenvalue weighted by atomic mass is 35.5. The second-order valence-electron chi connectivity index (χ2n) is 7.77. The van der Waals surface area contributed by atoms with Gasteiger partial charge in [-0.25, -0.2) is 9.37 Å². The van der Waals surface area contributed by atoms with E-state index in [1.807, 2.05) is 35.0 Å². The average Bonchev–Trinajstić information content (AvgIpc) is 2.91. The number of nitrogens with zero attached hydrogens (tertiary/aromatic N) is 4. The SMILES string of the molecule is C[N+](C)(C)Cc1cn2c(n1)CN=C(c1ccccc1F)c1cc(Cl)ccc1-2.[Cl-]. The van der Waals surface area contributed by atoms with Crippen molar-refractivity contribution in [3.8, 4) is 5.69 Å². The van der Waals surface area contributed by atoms with Crippen molar-refractivity contribution in [2.75, 3.05) is 21.1 Å². The molecular formula is C21H21Cl2FN4. The van der Waals surface area contributed by atoms with Crippen LogP contribution in [0.2, 0.25) is 5.02 Å². The normalized spacial score (nSPS) is 13.1. The summed E-state index contributed by atoms with van der Waals surface area (Å²) in [7, 11) is 6.39. The number of benzene rings is 2. The maximum absolute atomic E-state index is 14.5. The van der Waals surface area contributed by atoms with E-state index in [-0.39, 0.29) is 18.2 Å². The van der Waals surface area contributed by atoms with Crippen LogP contribution in [0.15, 0.2) is 53.7 Å². The largest absolute Gasteiger partial charge is 1.00 e. The zero-order chi connectivity index (χ0) is 19.2. The van der Waals surface area contributed by atoms with Gasteiger partial charge in [0.05, 0.1) is 39.1 Å². The van der Waals surface area contributed by atoms with Gasteiger partial charge in [-0.3, -0.25) is 4.99 Å². The van der Waals surface area contributed by atoms with Crippen molar-refractivity contribution in [3.63, 3.8) is 0 Å². The van der Waals surface area contributed by atoms with Gasteiger partial charge in [-0.05, 0) is 30.3 Å². The van der Waals surface area contributed by atoms with Gasteiger partial charge in [-0.15, -0.1) is 0 Å². The highest BCUT2D eigenvalue weighted by Gasteiger charge is 2.23. The lowest BCUT2D eigenvalue weighted by atomic mass is 10.00. The molecule has 0 bridgehead atoms. The van der Waals surface area contributed by atoms with Crippen LogP contribution in [0.5, 0.6) is 0 Å². The summed E-state index contributed by atoms with van der Waals surface area (Å²) in [4.78, 5) is 9.50. The van der Waals surface area contributed by atoms with Gasteiger partial charge in [0.2, 0.25) is 0 Å². The van der Waals surface area contributed by atoms with E-state index in [1.54, 1.807) is 12.1 Å². The van der Waals surface area contributed by atoms with Crippen LogP contribution < -0.4 is 12.4 Å². The third kappa shape index (κ3) is 3.97. The lowest BCUT2D eigenvalue weighted by molar-refractivity contribution is -0.884. The molecule has 0 amide bonds. The molecule has 1 aliphatic rings. The van der Waals surface area contributed by atoms with Gasteiger partial charge < -0.3 is 21.5 Å². The van der Waals surface area contributed by atoms with E-state index < -0.39 is 0 Å². The van der Waals surface area contributed by atoms with E-state index in [0.29, 0.717) is 22.8 Å². The molecule has 4 rings (SSSR count). The number of quaternary nitrogens is 1. The van der Waals surface area contributed by atoms with Crippen LogP contribution in [0.4, 0.5) is 4.39 Å². The summed E-state index contributed by atoms with van der Waals surface area (Å²) in [5.74, 6) is 0.542. The fourth-order valence-corrected chi connectivity index (χ4v) is 3.55. The summed E-state index contributed by atoms with van der Waals surface area (Å²) in [5, 5.41) is 0.591. The van der Waals surface area contributed by atoms with Gasteiger partial charge in [0.25, 0.3) is 0 Å². The first kappa shape index (κ1) is 20.5. The van der Waals surface area contributed by atoms with Crippen molar-refractivity contribution in [1.29, 1.82) is 0 Å². The van der Waals surface area contributed by atoms with Crippen molar-refractivity contribution in [3.05, 3.63) is 82.1 Å². The van der Waals surface area contributed by atoms with E-state index in [0.717, 1.165) is 33.8 Å². The molecule has 0 saturated heterocycles. The Kier molecular flexibility index (Phi) is 5.62. The number of imidazole rings is 1. The number of halogens is 3. The molecule has 4 nitrogen and oxygen atoms in total. The highest BCUT2D eigenvalue weighted by Crippen LogP contribution is 2.29. The van der Waals surface area contributed by atoms with E-state index in [1.165, 1.54) is 6.07 Å². The molecular weight excluding hydrogens is 398 g/mol. The van der Waals surface area contributed by atoms with E-state index in [9.17, 15) is 4.39 Å². The minimum Gasteiger partial charge on any atom is -1.00 e. The minimum atomic E-state index is -0.299. The van der Waals surface area contributed by atoms with Crippen LogP contribution in [0.3, 0.4) is 0 Å². The first-order valence-corrected chi connectivity index (χ1v) is 9.17. The summed E-state index contributed by atoms with van der Waals surface area (Å²) < 4.78 is 17.3. The predicted octanol–water partition coefficient (Wildman–Crippen LogP) is 1.23. The molecule has 28 heavy (non-hydrogen) atoms. The van der Waals surface area contributed by atoms with Gasteiger partial charge >= 0.3 is 0 Å². The molecule has 0 radical (unpaired) electrons. The molecule has 2 aromatic carbocycles. The zero-order valence-corrected chi connectivity index (χ0v) is 17.5. The van der Waals surface area contributed by atoms with E-state index in [2.05, 4.69) is 21.1 Å². The van der Waals surface area contributed by atoms with Gasteiger partial charge in [-0.1, -0.05) is 23.7 Å². The fourth-order valence-electron chi connectivity index (χ4n) is 3.38. The lowest BCUT2D eigenvalue weighted by Crippen LogP contribution is -3.00. The van der Waals surface area contributed by atoms with Crippen LogP contribution in [-0.4, -0.2) is 40.9 Å². The van der Waals surface area contributed by atoms with Gasteiger partial charge in [-0.2, -0.15) is 0 Å². The Bertz CT molecular complexity index is 1050. The molecule has 146 valence electrons. The summed E-state index contributed by atoms with van der Waals surface area (Å²) >= 11 is 6.27.